The Morgan fingerprint density at radius 2 is 2.28 bits per heavy atom. The van der Waals surface area contributed by atoms with Crippen molar-refractivity contribution in [1.82, 2.24) is 4.98 Å². The summed E-state index contributed by atoms with van der Waals surface area (Å²) >= 11 is 6.03. The third kappa shape index (κ3) is 2.74. The second kappa shape index (κ2) is 6.03. The van der Waals surface area contributed by atoms with Crippen LogP contribution in [0.4, 0.5) is 0 Å². The van der Waals surface area contributed by atoms with Gasteiger partial charge in [0, 0.05) is 6.20 Å². The van der Waals surface area contributed by atoms with Crippen molar-refractivity contribution < 1.29 is 4.74 Å². The van der Waals surface area contributed by atoms with Crippen molar-refractivity contribution in [3.63, 3.8) is 0 Å². The zero-order valence-corrected chi connectivity index (χ0v) is 10.9. The van der Waals surface area contributed by atoms with Gasteiger partial charge in [-0.3, -0.25) is 0 Å². The fourth-order valence-electron chi connectivity index (χ4n) is 2.44. The van der Waals surface area contributed by atoms with E-state index in [1.807, 2.05) is 6.07 Å². The van der Waals surface area contributed by atoms with Gasteiger partial charge in [-0.05, 0) is 37.3 Å². The maximum absolute atomic E-state index is 8.87. The highest BCUT2D eigenvalue weighted by Crippen LogP contribution is 2.32. The Bertz CT molecular complexity index is 458. The molecule has 4 nitrogen and oxygen atoms in total. The first-order chi connectivity index (χ1) is 8.76. The number of nitriles is 1. The lowest BCUT2D eigenvalue weighted by atomic mass is 9.97. The van der Waals surface area contributed by atoms with Crippen LogP contribution < -0.4 is 10.5 Å². The van der Waals surface area contributed by atoms with Gasteiger partial charge in [0.25, 0.3) is 0 Å². The van der Waals surface area contributed by atoms with E-state index in [4.69, 9.17) is 27.3 Å². The minimum absolute atomic E-state index is 0.294. The second-order valence-electron chi connectivity index (χ2n) is 4.59. The third-order valence-corrected chi connectivity index (χ3v) is 3.90. The number of rotatable bonds is 4. The Labute approximate surface area is 112 Å². The summed E-state index contributed by atoms with van der Waals surface area (Å²) in [7, 11) is 0. The predicted octanol–water partition coefficient (Wildman–Crippen LogP) is 2.36. The van der Waals surface area contributed by atoms with E-state index in [1.165, 1.54) is 19.0 Å². The molecule has 0 amide bonds. The molecule has 0 spiro atoms. The van der Waals surface area contributed by atoms with Crippen molar-refractivity contribution in [3.8, 4) is 11.9 Å². The van der Waals surface area contributed by atoms with Crippen LogP contribution in [0.2, 0.25) is 5.02 Å². The number of nitrogens with two attached hydrogens (primary N) is 1. The van der Waals surface area contributed by atoms with Crippen molar-refractivity contribution >= 4 is 11.6 Å². The van der Waals surface area contributed by atoms with Gasteiger partial charge in [-0.25, -0.2) is 4.98 Å². The first kappa shape index (κ1) is 13.1. The molecule has 96 valence electrons. The fourth-order valence-corrected chi connectivity index (χ4v) is 2.65. The van der Waals surface area contributed by atoms with Crippen LogP contribution in [0, 0.1) is 23.2 Å². The lowest BCUT2D eigenvalue weighted by Crippen LogP contribution is -2.23. The molecular weight excluding hydrogens is 250 g/mol. The summed E-state index contributed by atoms with van der Waals surface area (Å²) in [5.74, 6) is 1.35. The molecule has 1 aromatic heterocycles. The lowest BCUT2D eigenvalue weighted by molar-refractivity contribution is 0.210. The van der Waals surface area contributed by atoms with E-state index in [1.54, 1.807) is 6.07 Å². The molecule has 18 heavy (non-hydrogen) atoms. The molecule has 0 saturated heterocycles. The standard InChI is InChI=1S/C13H16ClN3O/c14-12-10(7-16)4-5-17-13(12)18-8-11-3-1-2-9(11)6-15/h4-5,9,11H,1-3,6,8,15H2. The highest BCUT2D eigenvalue weighted by molar-refractivity contribution is 6.32. The highest BCUT2D eigenvalue weighted by atomic mass is 35.5. The van der Waals surface area contributed by atoms with Gasteiger partial charge in [0.15, 0.2) is 0 Å². The molecule has 1 heterocycles. The molecule has 0 aromatic carbocycles. The van der Waals surface area contributed by atoms with Crippen molar-refractivity contribution in [3.05, 3.63) is 22.8 Å². The summed E-state index contributed by atoms with van der Waals surface area (Å²) < 4.78 is 5.65. The molecule has 2 rings (SSSR count). The summed E-state index contributed by atoms with van der Waals surface area (Å²) in [6, 6.07) is 3.59. The molecule has 0 radical (unpaired) electrons. The van der Waals surface area contributed by atoms with Crippen molar-refractivity contribution in [2.75, 3.05) is 13.2 Å². The molecule has 1 fully saturated rings. The smallest absolute Gasteiger partial charge is 0.233 e. The maximum atomic E-state index is 8.87. The number of hydrogen-bond donors (Lipinski definition) is 1. The monoisotopic (exact) mass is 265 g/mol. The molecule has 1 aromatic rings. The predicted molar refractivity (Wildman–Crippen MR) is 69.3 cm³/mol. The normalized spacial score (nSPS) is 22.7. The van der Waals surface area contributed by atoms with Gasteiger partial charge in [0.2, 0.25) is 5.88 Å². The maximum Gasteiger partial charge on any atom is 0.233 e. The van der Waals surface area contributed by atoms with Gasteiger partial charge in [-0.15, -0.1) is 0 Å². The molecule has 0 aliphatic heterocycles. The largest absolute Gasteiger partial charge is 0.476 e. The number of pyridine rings is 1. The summed E-state index contributed by atoms with van der Waals surface area (Å²) in [4.78, 5) is 4.06. The Kier molecular flexibility index (Phi) is 4.40. The van der Waals surface area contributed by atoms with Crippen molar-refractivity contribution in [2.24, 2.45) is 17.6 Å². The van der Waals surface area contributed by atoms with Gasteiger partial charge in [-0.1, -0.05) is 18.0 Å². The Morgan fingerprint density at radius 3 is 3.00 bits per heavy atom. The van der Waals surface area contributed by atoms with Crippen LogP contribution in [0.5, 0.6) is 5.88 Å². The van der Waals surface area contributed by atoms with E-state index in [-0.39, 0.29) is 0 Å². The van der Waals surface area contributed by atoms with E-state index in [9.17, 15) is 0 Å². The quantitative estimate of drug-likeness (QED) is 0.907. The first-order valence-electron chi connectivity index (χ1n) is 6.13. The highest BCUT2D eigenvalue weighted by Gasteiger charge is 2.27. The molecule has 2 unspecified atom stereocenters. The second-order valence-corrected chi connectivity index (χ2v) is 4.97. The number of nitrogens with zero attached hydrogens (tertiary/aromatic N) is 2. The molecule has 1 aliphatic carbocycles. The summed E-state index contributed by atoms with van der Waals surface area (Å²) in [5.41, 5.74) is 6.12. The average molecular weight is 266 g/mol. The van der Waals surface area contributed by atoms with E-state index < -0.39 is 0 Å². The number of hydrogen-bond acceptors (Lipinski definition) is 4. The summed E-state index contributed by atoms with van der Waals surface area (Å²) in [6.07, 6.45) is 5.05. The van der Waals surface area contributed by atoms with Gasteiger partial charge in [-0.2, -0.15) is 5.26 Å². The van der Waals surface area contributed by atoms with Crippen molar-refractivity contribution in [2.45, 2.75) is 19.3 Å². The van der Waals surface area contributed by atoms with E-state index in [2.05, 4.69) is 4.98 Å². The van der Waals surface area contributed by atoms with Crippen LogP contribution in [0.15, 0.2) is 12.3 Å². The first-order valence-corrected chi connectivity index (χ1v) is 6.51. The van der Waals surface area contributed by atoms with Gasteiger partial charge in [0.1, 0.15) is 11.1 Å². The third-order valence-electron chi connectivity index (χ3n) is 3.53. The molecule has 2 N–H and O–H groups in total. The van der Waals surface area contributed by atoms with Crippen LogP contribution in [0.25, 0.3) is 0 Å². The van der Waals surface area contributed by atoms with Crippen molar-refractivity contribution in [1.29, 1.82) is 5.26 Å². The number of halogens is 1. The summed E-state index contributed by atoms with van der Waals surface area (Å²) in [6.45, 7) is 1.27. The van der Waals surface area contributed by atoms with E-state index in [0.29, 0.717) is 41.5 Å². The summed E-state index contributed by atoms with van der Waals surface area (Å²) in [5, 5.41) is 9.16. The molecular formula is C13H16ClN3O. The zero-order chi connectivity index (χ0) is 13.0. The molecule has 5 heteroatoms. The fraction of sp³-hybridized carbons (Fsp3) is 0.538. The van der Waals surface area contributed by atoms with Crippen LogP contribution in [0.3, 0.4) is 0 Å². The van der Waals surface area contributed by atoms with E-state index in [0.717, 1.165) is 6.42 Å². The molecule has 1 saturated carbocycles. The topological polar surface area (TPSA) is 71.9 Å². The van der Waals surface area contributed by atoms with Gasteiger partial charge >= 0.3 is 0 Å². The van der Waals surface area contributed by atoms with Gasteiger partial charge in [0.05, 0.1) is 12.2 Å². The number of aromatic nitrogens is 1. The molecule has 1 aliphatic rings. The average Bonchev–Trinajstić information content (AvgIpc) is 2.85. The minimum atomic E-state index is 0.294. The van der Waals surface area contributed by atoms with Crippen LogP contribution in [-0.4, -0.2) is 18.1 Å². The molecule has 2 atom stereocenters. The van der Waals surface area contributed by atoms with Crippen LogP contribution in [-0.2, 0) is 0 Å². The Balaban J connectivity index is 2.00. The molecule has 0 bridgehead atoms. The minimum Gasteiger partial charge on any atom is -0.476 e. The zero-order valence-electron chi connectivity index (χ0n) is 10.1. The number of ether oxygens (including phenoxy) is 1. The Hall–Kier alpha value is -1.31. The SMILES string of the molecule is N#Cc1ccnc(OCC2CCCC2CN)c1Cl. The van der Waals surface area contributed by atoms with Crippen LogP contribution in [0.1, 0.15) is 24.8 Å². The van der Waals surface area contributed by atoms with Crippen LogP contribution >= 0.6 is 11.6 Å². The van der Waals surface area contributed by atoms with E-state index >= 15 is 0 Å². The lowest BCUT2D eigenvalue weighted by Gasteiger charge is -2.18. The Morgan fingerprint density at radius 1 is 1.50 bits per heavy atom. The van der Waals surface area contributed by atoms with Gasteiger partial charge < -0.3 is 10.5 Å².